The van der Waals surface area contributed by atoms with Gasteiger partial charge in [-0.3, -0.25) is 0 Å². The van der Waals surface area contributed by atoms with E-state index in [1.807, 2.05) is 0 Å². The van der Waals surface area contributed by atoms with Crippen LogP contribution < -0.4 is 6.15 Å². The molecule has 0 unspecified atom stereocenters. The molecule has 7 N–H and O–H groups in total. The zero-order chi connectivity index (χ0) is 0. The van der Waals surface area contributed by atoms with Crippen LogP contribution in [0, 0.1) is 0 Å². The van der Waals surface area contributed by atoms with Crippen molar-refractivity contribution in [1.82, 2.24) is 6.15 Å². The molecule has 5 heteroatoms. The van der Waals surface area contributed by atoms with Crippen molar-refractivity contribution >= 4 is 0 Å². The summed E-state index contributed by atoms with van der Waals surface area (Å²) in [6.07, 6.45) is 0. The van der Waals surface area contributed by atoms with Crippen LogP contribution in [0.5, 0.6) is 0 Å². The molecule has 3 nitrogen and oxygen atoms in total. The van der Waals surface area contributed by atoms with E-state index in [4.69, 9.17) is 0 Å². The smallest absolute Gasteiger partial charge is 0 e. The van der Waals surface area contributed by atoms with Gasteiger partial charge in [0.15, 0.2) is 0 Å². The van der Waals surface area contributed by atoms with Gasteiger partial charge in [0, 0.05) is 42.8 Å². The molecule has 0 aromatic carbocycles. The second kappa shape index (κ2) is 58.9. The van der Waals surface area contributed by atoms with Crippen LogP contribution in [-0.2, 0) is 42.8 Å². The fourth-order valence-electron chi connectivity index (χ4n) is 0. The SMILES string of the molecule is N.O.O.[Mo].[Ti]. The van der Waals surface area contributed by atoms with Crippen LogP contribution in [0.4, 0.5) is 0 Å². The summed E-state index contributed by atoms with van der Waals surface area (Å²) < 4.78 is 0. The van der Waals surface area contributed by atoms with Crippen LogP contribution in [-0.4, -0.2) is 11.0 Å². The summed E-state index contributed by atoms with van der Waals surface area (Å²) in [4.78, 5) is 0. The maximum absolute atomic E-state index is 0. The molecule has 0 rings (SSSR count). The van der Waals surface area contributed by atoms with Gasteiger partial charge in [-0.05, 0) is 0 Å². The Morgan fingerprint density at radius 1 is 0.800 bits per heavy atom. The van der Waals surface area contributed by atoms with Crippen molar-refractivity contribution in [2.45, 2.75) is 0 Å². The Balaban J connectivity index is 0. The Hall–Kier alpha value is 1.28. The van der Waals surface area contributed by atoms with E-state index in [-0.39, 0.29) is 59.9 Å². The van der Waals surface area contributed by atoms with Gasteiger partial charge in [0.2, 0.25) is 0 Å². The van der Waals surface area contributed by atoms with Crippen molar-refractivity contribution in [3.63, 3.8) is 0 Å². The molecule has 0 amide bonds. The minimum atomic E-state index is 0. The fraction of sp³-hybridized carbons (Fsp3) is 0. The molecule has 0 aliphatic rings. The first-order valence-corrected chi connectivity index (χ1v) is 0. The minimum Gasteiger partial charge on any atom is -0.412 e. The van der Waals surface area contributed by atoms with Crippen LogP contribution in [0.1, 0.15) is 0 Å². The first-order valence-electron chi connectivity index (χ1n) is 0. The minimum absolute atomic E-state index is 0. The van der Waals surface area contributed by atoms with Gasteiger partial charge in [0.05, 0.1) is 0 Å². The van der Waals surface area contributed by atoms with E-state index < -0.39 is 0 Å². The molecule has 0 heterocycles. The van der Waals surface area contributed by atoms with E-state index in [1.165, 1.54) is 0 Å². The summed E-state index contributed by atoms with van der Waals surface area (Å²) >= 11 is 0. The van der Waals surface area contributed by atoms with E-state index in [0.29, 0.717) is 0 Å². The summed E-state index contributed by atoms with van der Waals surface area (Å²) in [6.45, 7) is 0. The Bertz CT molecular complexity index is 9.61. The van der Waals surface area contributed by atoms with Crippen molar-refractivity contribution in [2.75, 3.05) is 0 Å². The third-order valence-corrected chi connectivity index (χ3v) is 0. The van der Waals surface area contributed by atoms with Gasteiger partial charge in [-0.15, -0.1) is 0 Å². The molecular formula is H7MoNO2Ti. The topological polar surface area (TPSA) is 98.0 Å². The monoisotopic (exact) mass is 199 g/mol. The van der Waals surface area contributed by atoms with Crippen LogP contribution in [0.15, 0.2) is 0 Å². The molecule has 0 radical (unpaired) electrons. The van der Waals surface area contributed by atoms with E-state index in [9.17, 15) is 0 Å². The maximum Gasteiger partial charge on any atom is 0 e. The number of hydrogen-bond donors (Lipinski definition) is 1. The molecule has 0 spiro atoms. The zero-order valence-electron chi connectivity index (χ0n) is 2.62. The quantitative estimate of drug-likeness (QED) is 0.470. The van der Waals surface area contributed by atoms with Crippen LogP contribution in [0.3, 0.4) is 0 Å². The molecule has 0 aliphatic heterocycles. The predicted octanol–water partition coefficient (Wildman–Crippen LogP) is -1.49. The maximum atomic E-state index is 0. The first-order chi connectivity index (χ1) is 0. The molecule has 0 bridgehead atoms. The second-order valence-electron chi connectivity index (χ2n) is 0. The van der Waals surface area contributed by atoms with E-state index in [1.54, 1.807) is 0 Å². The summed E-state index contributed by atoms with van der Waals surface area (Å²) in [7, 11) is 0. The average molecular weight is 197 g/mol. The molecule has 0 fully saturated rings. The van der Waals surface area contributed by atoms with Crippen molar-refractivity contribution in [3.8, 4) is 0 Å². The third-order valence-electron chi connectivity index (χ3n) is 0. The van der Waals surface area contributed by atoms with Crippen molar-refractivity contribution in [1.29, 1.82) is 0 Å². The molecule has 0 saturated heterocycles. The number of rotatable bonds is 0. The van der Waals surface area contributed by atoms with E-state index >= 15 is 0 Å². The van der Waals surface area contributed by atoms with Crippen LogP contribution in [0.25, 0.3) is 0 Å². The Morgan fingerprint density at radius 2 is 0.800 bits per heavy atom. The molecule has 0 aromatic heterocycles. The molecule has 0 aromatic rings. The van der Waals surface area contributed by atoms with Gasteiger partial charge >= 0.3 is 0 Å². The Labute approximate surface area is 59.9 Å². The fourth-order valence-corrected chi connectivity index (χ4v) is 0. The molecular weight excluding hydrogens is 190 g/mol. The molecule has 34 valence electrons. The van der Waals surface area contributed by atoms with Crippen molar-refractivity contribution in [3.05, 3.63) is 0 Å². The van der Waals surface area contributed by atoms with Crippen molar-refractivity contribution < 1.29 is 53.7 Å². The van der Waals surface area contributed by atoms with E-state index in [0.717, 1.165) is 0 Å². The van der Waals surface area contributed by atoms with Crippen molar-refractivity contribution in [2.24, 2.45) is 0 Å². The third kappa shape index (κ3) is 34.6. The normalized spacial score (nSPS) is 0. The van der Waals surface area contributed by atoms with Gasteiger partial charge in [-0.25, -0.2) is 0 Å². The van der Waals surface area contributed by atoms with Gasteiger partial charge in [-0.1, -0.05) is 0 Å². The summed E-state index contributed by atoms with van der Waals surface area (Å²) in [6, 6.07) is 0. The summed E-state index contributed by atoms with van der Waals surface area (Å²) in [5.41, 5.74) is 0. The molecule has 0 saturated carbocycles. The average Bonchev–Trinajstić information content (AvgIpc) is 0. The first kappa shape index (κ1) is 107. The van der Waals surface area contributed by atoms with Gasteiger partial charge in [0.25, 0.3) is 0 Å². The standard InChI is InChI=1S/Mo.H3N.2H2O.Ti/h;1H3;2*1H2;. The van der Waals surface area contributed by atoms with Crippen LogP contribution >= 0.6 is 0 Å². The largest absolute Gasteiger partial charge is 0.412 e. The van der Waals surface area contributed by atoms with Gasteiger partial charge in [0.1, 0.15) is 0 Å². The summed E-state index contributed by atoms with van der Waals surface area (Å²) in [5.74, 6) is 0. The second-order valence-corrected chi connectivity index (χ2v) is 0. The Kier molecular flexibility index (Phi) is 1260. The Morgan fingerprint density at radius 3 is 0.800 bits per heavy atom. The van der Waals surface area contributed by atoms with Crippen LogP contribution in [0.2, 0.25) is 0 Å². The van der Waals surface area contributed by atoms with Gasteiger partial charge < -0.3 is 17.1 Å². The molecule has 0 atom stereocenters. The number of hydrogen-bond acceptors (Lipinski definition) is 1. The van der Waals surface area contributed by atoms with Gasteiger partial charge in [-0.2, -0.15) is 0 Å². The molecule has 5 heavy (non-hydrogen) atoms. The predicted molar refractivity (Wildman–Crippen MR) is 12.2 cm³/mol. The molecule has 0 aliphatic carbocycles. The summed E-state index contributed by atoms with van der Waals surface area (Å²) in [5, 5.41) is 0. The zero-order valence-corrected chi connectivity index (χ0v) is 6.18. The van der Waals surface area contributed by atoms with E-state index in [2.05, 4.69) is 0 Å².